The number of aryl methyl sites for hydroxylation is 1. The first-order valence-corrected chi connectivity index (χ1v) is 6.01. The van der Waals surface area contributed by atoms with Crippen LogP contribution in [0.3, 0.4) is 0 Å². The maximum atomic E-state index is 11.8. The van der Waals surface area contributed by atoms with Crippen LogP contribution in [-0.2, 0) is 4.79 Å². The van der Waals surface area contributed by atoms with Crippen molar-refractivity contribution in [1.82, 2.24) is 10.3 Å². The molecule has 15 heavy (non-hydrogen) atoms. The molecule has 4 nitrogen and oxygen atoms in total. The molecule has 0 radical (unpaired) electrons. The van der Waals surface area contributed by atoms with E-state index in [-0.39, 0.29) is 17.9 Å². The average molecular weight is 225 g/mol. The second kappa shape index (κ2) is 4.28. The molecule has 0 aliphatic carbocycles. The summed E-state index contributed by atoms with van der Waals surface area (Å²) >= 11 is 1.47. The van der Waals surface area contributed by atoms with Gasteiger partial charge in [0.05, 0.1) is 11.6 Å². The van der Waals surface area contributed by atoms with Gasteiger partial charge in [-0.3, -0.25) is 4.79 Å². The van der Waals surface area contributed by atoms with Crippen molar-refractivity contribution in [3.63, 3.8) is 0 Å². The number of nitrogens with zero attached hydrogens (tertiary/aromatic N) is 1. The molecular formula is C10H15N3OS. The van der Waals surface area contributed by atoms with Gasteiger partial charge in [0.1, 0.15) is 0 Å². The highest BCUT2D eigenvalue weighted by molar-refractivity contribution is 7.13. The van der Waals surface area contributed by atoms with Gasteiger partial charge in [-0.1, -0.05) is 0 Å². The van der Waals surface area contributed by atoms with Crippen molar-refractivity contribution in [2.75, 3.05) is 11.9 Å². The first kappa shape index (κ1) is 10.6. The Kier molecular flexibility index (Phi) is 3.02. The SMILES string of the molecule is Cc1csc(NC(=O)C2CCNC2C)n1. The molecule has 0 spiro atoms. The molecule has 1 aliphatic rings. The minimum atomic E-state index is 0.0780. The molecule has 1 amide bonds. The van der Waals surface area contributed by atoms with Crippen LogP contribution in [0, 0.1) is 12.8 Å². The predicted molar refractivity (Wildman–Crippen MR) is 61.1 cm³/mol. The number of carbonyl (C=O) groups is 1. The van der Waals surface area contributed by atoms with E-state index in [1.165, 1.54) is 11.3 Å². The Morgan fingerprint density at radius 3 is 3.07 bits per heavy atom. The summed E-state index contributed by atoms with van der Waals surface area (Å²) in [6, 6.07) is 0.269. The monoisotopic (exact) mass is 225 g/mol. The Morgan fingerprint density at radius 2 is 2.53 bits per heavy atom. The number of amides is 1. The van der Waals surface area contributed by atoms with Crippen LogP contribution < -0.4 is 10.6 Å². The third-order valence-corrected chi connectivity index (χ3v) is 3.59. The smallest absolute Gasteiger partial charge is 0.230 e. The van der Waals surface area contributed by atoms with Gasteiger partial charge in [-0.15, -0.1) is 11.3 Å². The van der Waals surface area contributed by atoms with Gasteiger partial charge in [-0.2, -0.15) is 0 Å². The van der Waals surface area contributed by atoms with Gasteiger partial charge in [-0.25, -0.2) is 4.98 Å². The van der Waals surface area contributed by atoms with Crippen LogP contribution in [0.5, 0.6) is 0 Å². The molecular weight excluding hydrogens is 210 g/mol. The van der Waals surface area contributed by atoms with Gasteiger partial charge >= 0.3 is 0 Å². The summed E-state index contributed by atoms with van der Waals surface area (Å²) in [7, 11) is 0. The highest BCUT2D eigenvalue weighted by Gasteiger charge is 2.29. The molecule has 1 aromatic rings. The zero-order valence-electron chi connectivity index (χ0n) is 8.91. The molecule has 5 heteroatoms. The first-order valence-electron chi connectivity index (χ1n) is 5.13. The zero-order chi connectivity index (χ0) is 10.8. The van der Waals surface area contributed by atoms with Crippen molar-refractivity contribution in [1.29, 1.82) is 0 Å². The zero-order valence-corrected chi connectivity index (χ0v) is 9.73. The Morgan fingerprint density at radius 1 is 1.73 bits per heavy atom. The standard InChI is InChI=1S/C10H15N3OS/c1-6-5-15-10(12-6)13-9(14)8-3-4-11-7(8)2/h5,7-8,11H,3-4H2,1-2H3,(H,12,13,14). The number of hydrogen-bond donors (Lipinski definition) is 2. The van der Waals surface area contributed by atoms with Crippen LogP contribution in [0.4, 0.5) is 5.13 Å². The lowest BCUT2D eigenvalue weighted by molar-refractivity contribution is -0.119. The van der Waals surface area contributed by atoms with Crippen molar-refractivity contribution >= 4 is 22.4 Å². The van der Waals surface area contributed by atoms with Crippen molar-refractivity contribution in [2.45, 2.75) is 26.3 Å². The highest BCUT2D eigenvalue weighted by Crippen LogP contribution is 2.20. The lowest BCUT2D eigenvalue weighted by Gasteiger charge is -2.13. The van der Waals surface area contributed by atoms with Crippen LogP contribution in [0.15, 0.2) is 5.38 Å². The molecule has 1 aromatic heterocycles. The summed E-state index contributed by atoms with van der Waals surface area (Å²) in [6.45, 7) is 4.90. The van der Waals surface area contributed by atoms with Crippen LogP contribution in [0.2, 0.25) is 0 Å². The van der Waals surface area contributed by atoms with E-state index in [1.54, 1.807) is 0 Å². The summed E-state index contributed by atoms with van der Waals surface area (Å²) in [5, 5.41) is 8.77. The number of nitrogens with one attached hydrogen (secondary N) is 2. The van der Waals surface area contributed by atoms with Gasteiger partial charge < -0.3 is 10.6 Å². The fourth-order valence-corrected chi connectivity index (χ4v) is 2.52. The minimum Gasteiger partial charge on any atom is -0.313 e. The van der Waals surface area contributed by atoms with E-state index < -0.39 is 0 Å². The minimum absolute atomic E-state index is 0.0780. The maximum absolute atomic E-state index is 11.8. The second-order valence-electron chi connectivity index (χ2n) is 3.92. The van der Waals surface area contributed by atoms with Crippen LogP contribution >= 0.6 is 11.3 Å². The van der Waals surface area contributed by atoms with Crippen molar-refractivity contribution in [2.24, 2.45) is 5.92 Å². The number of hydrogen-bond acceptors (Lipinski definition) is 4. The summed E-state index contributed by atoms with van der Waals surface area (Å²) in [4.78, 5) is 16.1. The molecule has 2 rings (SSSR count). The third kappa shape index (κ3) is 2.35. The molecule has 1 fully saturated rings. The fourth-order valence-electron chi connectivity index (χ4n) is 1.83. The summed E-state index contributed by atoms with van der Waals surface area (Å²) in [5.74, 6) is 0.163. The van der Waals surface area contributed by atoms with Gasteiger partial charge in [0.25, 0.3) is 0 Å². The predicted octanol–water partition coefficient (Wildman–Crippen LogP) is 1.39. The van der Waals surface area contributed by atoms with E-state index in [1.807, 2.05) is 19.2 Å². The van der Waals surface area contributed by atoms with E-state index in [0.717, 1.165) is 18.7 Å². The maximum Gasteiger partial charge on any atom is 0.230 e. The van der Waals surface area contributed by atoms with Gasteiger partial charge in [-0.05, 0) is 26.8 Å². The van der Waals surface area contributed by atoms with E-state index >= 15 is 0 Å². The molecule has 2 heterocycles. The molecule has 1 saturated heterocycles. The Balaban J connectivity index is 1.97. The highest BCUT2D eigenvalue weighted by atomic mass is 32.1. The van der Waals surface area contributed by atoms with Gasteiger partial charge in [0, 0.05) is 11.4 Å². The summed E-state index contributed by atoms with van der Waals surface area (Å²) in [6.07, 6.45) is 0.914. The molecule has 0 aromatic carbocycles. The quantitative estimate of drug-likeness (QED) is 0.799. The largest absolute Gasteiger partial charge is 0.313 e. The molecule has 1 aliphatic heterocycles. The van der Waals surface area contributed by atoms with Crippen LogP contribution in [0.25, 0.3) is 0 Å². The number of thiazole rings is 1. The number of anilines is 1. The summed E-state index contributed by atoms with van der Waals surface area (Å²) < 4.78 is 0. The number of aromatic nitrogens is 1. The molecule has 2 atom stereocenters. The lowest BCUT2D eigenvalue weighted by Crippen LogP contribution is -2.32. The summed E-state index contributed by atoms with van der Waals surface area (Å²) in [5.41, 5.74) is 0.952. The first-order chi connectivity index (χ1) is 7.16. The average Bonchev–Trinajstić information content (AvgIpc) is 2.75. The normalized spacial score (nSPS) is 25.5. The molecule has 82 valence electrons. The molecule has 2 unspecified atom stereocenters. The van der Waals surface area contributed by atoms with E-state index in [2.05, 4.69) is 15.6 Å². The Bertz CT molecular complexity index is 363. The van der Waals surface area contributed by atoms with Crippen molar-refractivity contribution in [3.05, 3.63) is 11.1 Å². The van der Waals surface area contributed by atoms with E-state index in [0.29, 0.717) is 5.13 Å². The molecule has 0 bridgehead atoms. The van der Waals surface area contributed by atoms with E-state index in [4.69, 9.17) is 0 Å². The Labute approximate surface area is 93.1 Å². The number of rotatable bonds is 2. The van der Waals surface area contributed by atoms with Gasteiger partial charge in [0.2, 0.25) is 5.91 Å². The van der Waals surface area contributed by atoms with Crippen molar-refractivity contribution in [3.8, 4) is 0 Å². The van der Waals surface area contributed by atoms with Crippen LogP contribution in [0.1, 0.15) is 19.0 Å². The second-order valence-corrected chi connectivity index (χ2v) is 4.78. The van der Waals surface area contributed by atoms with Crippen LogP contribution in [-0.4, -0.2) is 23.5 Å². The number of carbonyl (C=O) groups excluding carboxylic acids is 1. The topological polar surface area (TPSA) is 54.0 Å². The third-order valence-electron chi connectivity index (χ3n) is 2.71. The van der Waals surface area contributed by atoms with Crippen molar-refractivity contribution < 1.29 is 4.79 Å². The molecule has 0 saturated carbocycles. The lowest BCUT2D eigenvalue weighted by atomic mass is 10.0. The Hall–Kier alpha value is -0.940. The fraction of sp³-hybridized carbons (Fsp3) is 0.600. The van der Waals surface area contributed by atoms with E-state index in [9.17, 15) is 4.79 Å². The molecule has 2 N–H and O–H groups in total. The van der Waals surface area contributed by atoms with Gasteiger partial charge in [0.15, 0.2) is 5.13 Å².